The van der Waals surface area contributed by atoms with E-state index < -0.39 is 0 Å². The smallest absolute Gasteiger partial charge is 0.167 e. The topological polar surface area (TPSA) is 17.1 Å². The molecule has 0 radical (unpaired) electrons. The predicted octanol–water partition coefficient (Wildman–Crippen LogP) is 5.66. The second kappa shape index (κ2) is 5.66. The van der Waals surface area contributed by atoms with Gasteiger partial charge in [-0.15, -0.1) is 0 Å². The lowest BCUT2D eigenvalue weighted by Crippen LogP contribution is -2.09. The van der Waals surface area contributed by atoms with E-state index in [1.165, 1.54) is 21.9 Å². The standard InChI is InChI=1S/C22H20O/c1-2-7-17-14-16-10-6-13-20(21(16)22(17)23)19-12-5-9-15-8-3-4-11-18(15)19/h3-6,8-13,17H,2,7,14H2,1H3. The summed E-state index contributed by atoms with van der Waals surface area (Å²) in [5.74, 6) is 0.511. The number of Topliss-reactive ketones (excluding diaryl/α,β-unsaturated/α-hetero) is 1. The molecular weight excluding hydrogens is 280 g/mol. The Kier molecular flexibility index (Phi) is 3.49. The number of carbonyl (C=O) groups is 1. The lowest BCUT2D eigenvalue weighted by atomic mass is 9.92. The van der Waals surface area contributed by atoms with Crippen LogP contribution in [0.2, 0.25) is 0 Å². The molecule has 0 aliphatic heterocycles. The molecule has 0 spiro atoms. The van der Waals surface area contributed by atoms with E-state index in [4.69, 9.17) is 0 Å². The van der Waals surface area contributed by atoms with E-state index in [0.29, 0.717) is 5.78 Å². The molecular formula is C22H20O. The zero-order valence-electron chi connectivity index (χ0n) is 13.4. The van der Waals surface area contributed by atoms with Crippen LogP contribution in [0.5, 0.6) is 0 Å². The van der Waals surface area contributed by atoms with E-state index in [9.17, 15) is 4.79 Å². The molecule has 0 amide bonds. The number of carbonyl (C=O) groups excluding carboxylic acids is 1. The summed E-state index contributed by atoms with van der Waals surface area (Å²) in [5, 5.41) is 2.44. The Bertz CT molecular complexity index is 886. The number of hydrogen-bond donors (Lipinski definition) is 0. The summed E-state index contributed by atoms with van der Waals surface area (Å²) in [5.41, 5.74) is 4.45. The van der Waals surface area contributed by atoms with Crippen LogP contribution < -0.4 is 0 Å². The highest BCUT2D eigenvalue weighted by molar-refractivity contribution is 6.10. The molecule has 1 heteroatoms. The number of fused-ring (bicyclic) bond motifs is 2. The molecule has 114 valence electrons. The van der Waals surface area contributed by atoms with Crippen molar-refractivity contribution in [3.63, 3.8) is 0 Å². The maximum atomic E-state index is 12.9. The number of ketones is 1. The van der Waals surface area contributed by atoms with Crippen molar-refractivity contribution in [2.45, 2.75) is 26.2 Å². The molecule has 1 unspecified atom stereocenters. The largest absolute Gasteiger partial charge is 0.294 e. The van der Waals surface area contributed by atoms with Crippen LogP contribution in [0.1, 0.15) is 35.7 Å². The summed E-state index contributed by atoms with van der Waals surface area (Å²) in [7, 11) is 0. The van der Waals surface area contributed by atoms with Gasteiger partial charge in [-0.25, -0.2) is 0 Å². The Hall–Kier alpha value is -2.41. The van der Waals surface area contributed by atoms with Crippen LogP contribution in [0, 0.1) is 5.92 Å². The second-order valence-electron chi connectivity index (χ2n) is 6.42. The average Bonchev–Trinajstić information content (AvgIpc) is 2.91. The van der Waals surface area contributed by atoms with Crippen molar-refractivity contribution >= 4 is 16.6 Å². The normalized spacial score (nSPS) is 16.7. The van der Waals surface area contributed by atoms with Gasteiger partial charge in [0, 0.05) is 11.5 Å². The summed E-state index contributed by atoms with van der Waals surface area (Å²) in [6, 6.07) is 21.1. The van der Waals surface area contributed by atoms with Gasteiger partial charge in [-0.05, 0) is 40.3 Å². The fourth-order valence-corrected chi connectivity index (χ4v) is 3.89. The molecule has 1 aliphatic carbocycles. The molecule has 1 aliphatic rings. The Morgan fingerprint density at radius 3 is 2.52 bits per heavy atom. The highest BCUT2D eigenvalue weighted by Crippen LogP contribution is 2.38. The van der Waals surface area contributed by atoms with Crippen molar-refractivity contribution in [3.05, 3.63) is 71.8 Å². The van der Waals surface area contributed by atoms with Crippen LogP contribution in [0.25, 0.3) is 21.9 Å². The van der Waals surface area contributed by atoms with Crippen LogP contribution in [-0.2, 0) is 6.42 Å². The molecule has 0 fully saturated rings. The van der Waals surface area contributed by atoms with Gasteiger partial charge in [0.1, 0.15) is 0 Å². The summed E-state index contributed by atoms with van der Waals surface area (Å²) < 4.78 is 0. The third kappa shape index (κ3) is 2.28. The van der Waals surface area contributed by atoms with E-state index in [1.807, 2.05) is 0 Å². The quantitative estimate of drug-likeness (QED) is 0.609. The van der Waals surface area contributed by atoms with Gasteiger partial charge in [-0.1, -0.05) is 74.0 Å². The van der Waals surface area contributed by atoms with Gasteiger partial charge in [-0.2, -0.15) is 0 Å². The third-order valence-corrected chi connectivity index (χ3v) is 4.95. The first-order valence-electron chi connectivity index (χ1n) is 8.44. The Morgan fingerprint density at radius 1 is 0.913 bits per heavy atom. The highest BCUT2D eigenvalue weighted by atomic mass is 16.1. The van der Waals surface area contributed by atoms with Crippen LogP contribution >= 0.6 is 0 Å². The van der Waals surface area contributed by atoms with E-state index in [1.54, 1.807) is 0 Å². The van der Waals surface area contributed by atoms with Gasteiger partial charge >= 0.3 is 0 Å². The van der Waals surface area contributed by atoms with E-state index in [-0.39, 0.29) is 5.92 Å². The number of benzene rings is 3. The molecule has 0 saturated carbocycles. The Labute approximate surface area is 137 Å². The van der Waals surface area contributed by atoms with Crippen molar-refractivity contribution in [1.29, 1.82) is 0 Å². The lowest BCUT2D eigenvalue weighted by molar-refractivity contribution is 0.0931. The van der Waals surface area contributed by atoms with E-state index in [0.717, 1.165) is 30.4 Å². The second-order valence-corrected chi connectivity index (χ2v) is 6.42. The highest BCUT2D eigenvalue weighted by Gasteiger charge is 2.32. The van der Waals surface area contributed by atoms with Gasteiger partial charge < -0.3 is 0 Å². The third-order valence-electron chi connectivity index (χ3n) is 4.95. The molecule has 0 saturated heterocycles. The molecule has 0 N–H and O–H groups in total. The van der Waals surface area contributed by atoms with Gasteiger partial charge in [-0.3, -0.25) is 4.79 Å². The molecule has 0 heterocycles. The molecule has 0 aromatic heterocycles. The first-order chi connectivity index (χ1) is 11.3. The van der Waals surface area contributed by atoms with Crippen molar-refractivity contribution < 1.29 is 4.79 Å². The van der Waals surface area contributed by atoms with Gasteiger partial charge in [0.15, 0.2) is 5.78 Å². The van der Waals surface area contributed by atoms with Crippen LogP contribution in [0.4, 0.5) is 0 Å². The molecule has 1 nitrogen and oxygen atoms in total. The summed E-state index contributed by atoms with van der Waals surface area (Å²) in [6.07, 6.45) is 2.96. The first-order valence-corrected chi connectivity index (χ1v) is 8.44. The lowest BCUT2D eigenvalue weighted by Gasteiger charge is -2.11. The number of hydrogen-bond acceptors (Lipinski definition) is 1. The minimum absolute atomic E-state index is 0.172. The molecule has 4 rings (SSSR count). The molecule has 3 aromatic carbocycles. The van der Waals surface area contributed by atoms with Crippen LogP contribution in [0.15, 0.2) is 60.7 Å². The summed E-state index contributed by atoms with van der Waals surface area (Å²) >= 11 is 0. The van der Waals surface area contributed by atoms with Crippen molar-refractivity contribution in [3.8, 4) is 11.1 Å². The maximum Gasteiger partial charge on any atom is 0.167 e. The minimum atomic E-state index is 0.172. The maximum absolute atomic E-state index is 12.9. The Balaban J connectivity index is 1.92. The van der Waals surface area contributed by atoms with E-state index in [2.05, 4.69) is 67.6 Å². The first kappa shape index (κ1) is 14.2. The zero-order valence-corrected chi connectivity index (χ0v) is 13.4. The average molecular weight is 300 g/mol. The molecule has 0 bridgehead atoms. The summed E-state index contributed by atoms with van der Waals surface area (Å²) in [4.78, 5) is 12.9. The van der Waals surface area contributed by atoms with E-state index >= 15 is 0 Å². The zero-order chi connectivity index (χ0) is 15.8. The SMILES string of the molecule is CCCC1Cc2cccc(-c3cccc4ccccc34)c2C1=O. The van der Waals surface area contributed by atoms with Crippen molar-refractivity contribution in [1.82, 2.24) is 0 Å². The fraction of sp³-hybridized carbons (Fsp3) is 0.227. The van der Waals surface area contributed by atoms with Crippen LogP contribution in [-0.4, -0.2) is 5.78 Å². The number of rotatable bonds is 3. The van der Waals surface area contributed by atoms with Gasteiger partial charge in [0.05, 0.1) is 0 Å². The van der Waals surface area contributed by atoms with Gasteiger partial charge in [0.25, 0.3) is 0 Å². The van der Waals surface area contributed by atoms with Crippen molar-refractivity contribution in [2.24, 2.45) is 5.92 Å². The Morgan fingerprint density at radius 2 is 1.65 bits per heavy atom. The molecule has 23 heavy (non-hydrogen) atoms. The van der Waals surface area contributed by atoms with Gasteiger partial charge in [0.2, 0.25) is 0 Å². The minimum Gasteiger partial charge on any atom is -0.294 e. The van der Waals surface area contributed by atoms with Crippen LogP contribution in [0.3, 0.4) is 0 Å². The summed E-state index contributed by atoms with van der Waals surface area (Å²) in [6.45, 7) is 2.15. The monoisotopic (exact) mass is 300 g/mol. The molecule has 1 atom stereocenters. The predicted molar refractivity (Wildman–Crippen MR) is 95.8 cm³/mol. The van der Waals surface area contributed by atoms with Crippen molar-refractivity contribution in [2.75, 3.05) is 0 Å². The molecule has 3 aromatic rings. The fourth-order valence-electron chi connectivity index (χ4n) is 3.89.